The predicted octanol–water partition coefficient (Wildman–Crippen LogP) is 4.56. The molecule has 1 aliphatic heterocycles. The van der Waals surface area contributed by atoms with E-state index in [0.29, 0.717) is 17.0 Å². The summed E-state index contributed by atoms with van der Waals surface area (Å²) in [5.74, 6) is -4.26. The molecule has 0 aliphatic carbocycles. The van der Waals surface area contributed by atoms with Crippen LogP contribution >= 0.6 is 0 Å². The van der Waals surface area contributed by atoms with Gasteiger partial charge in [-0.15, -0.1) is 0 Å². The number of hydrogen-bond acceptors (Lipinski definition) is 6. The van der Waals surface area contributed by atoms with E-state index in [1.807, 2.05) is 0 Å². The molecule has 1 aromatic carbocycles. The second kappa shape index (κ2) is 8.30. The largest absolute Gasteiger partial charge is 0.364 e. The number of halogens is 4. The minimum absolute atomic E-state index is 0.0531. The van der Waals surface area contributed by atoms with Gasteiger partial charge in [-0.3, -0.25) is 4.68 Å². The van der Waals surface area contributed by atoms with Crippen LogP contribution < -0.4 is 4.90 Å². The normalized spacial score (nSPS) is 15.7. The van der Waals surface area contributed by atoms with Gasteiger partial charge in [0.15, 0.2) is 17.5 Å². The van der Waals surface area contributed by atoms with Gasteiger partial charge in [-0.2, -0.15) is 5.10 Å². The molecule has 3 aromatic heterocycles. The quantitative estimate of drug-likeness (QED) is 0.409. The van der Waals surface area contributed by atoms with Crippen LogP contribution in [0.3, 0.4) is 0 Å². The Labute approximate surface area is 185 Å². The molecule has 0 radical (unpaired) electrons. The van der Waals surface area contributed by atoms with Gasteiger partial charge in [-0.25, -0.2) is 27.5 Å². The van der Waals surface area contributed by atoms with Crippen molar-refractivity contribution in [3.05, 3.63) is 66.1 Å². The lowest BCUT2D eigenvalue weighted by atomic mass is 10.1. The molecule has 170 valence electrons. The first-order chi connectivity index (χ1) is 15.9. The monoisotopic (exact) mass is 458 g/mol. The Morgan fingerprint density at radius 3 is 2.67 bits per heavy atom. The topological polar surface area (TPSA) is 72.9 Å². The third-order valence-corrected chi connectivity index (χ3v) is 5.41. The summed E-state index contributed by atoms with van der Waals surface area (Å²) >= 11 is 0. The van der Waals surface area contributed by atoms with E-state index in [2.05, 4.69) is 20.2 Å². The molecule has 1 fully saturated rings. The fourth-order valence-electron chi connectivity index (χ4n) is 3.84. The Hall–Kier alpha value is -3.76. The molecule has 0 saturated carbocycles. The molecule has 11 heteroatoms. The highest BCUT2D eigenvalue weighted by Crippen LogP contribution is 2.31. The summed E-state index contributed by atoms with van der Waals surface area (Å²) in [7, 11) is 0. The molecule has 1 aliphatic rings. The lowest BCUT2D eigenvalue weighted by Gasteiger charge is -2.33. The van der Waals surface area contributed by atoms with Crippen molar-refractivity contribution >= 4 is 5.82 Å². The average molecular weight is 458 g/mol. The summed E-state index contributed by atoms with van der Waals surface area (Å²) in [5.41, 5.74) is 1.60. The van der Waals surface area contributed by atoms with Gasteiger partial charge in [0.1, 0.15) is 23.5 Å². The van der Waals surface area contributed by atoms with E-state index < -0.39 is 24.1 Å². The summed E-state index contributed by atoms with van der Waals surface area (Å²) in [6.45, 7) is -0.275. The van der Waals surface area contributed by atoms with E-state index in [9.17, 15) is 17.6 Å². The first-order valence-corrected chi connectivity index (χ1v) is 10.3. The van der Waals surface area contributed by atoms with Crippen molar-refractivity contribution in [2.75, 3.05) is 18.0 Å². The van der Waals surface area contributed by atoms with Crippen LogP contribution in [0, 0.1) is 11.6 Å². The Balaban J connectivity index is 1.54. The summed E-state index contributed by atoms with van der Waals surface area (Å²) in [4.78, 5) is 9.43. The zero-order valence-electron chi connectivity index (χ0n) is 17.3. The maximum absolute atomic E-state index is 14.5. The van der Waals surface area contributed by atoms with E-state index in [0.717, 1.165) is 6.20 Å². The fourth-order valence-corrected chi connectivity index (χ4v) is 3.84. The van der Waals surface area contributed by atoms with Crippen molar-refractivity contribution in [1.29, 1.82) is 0 Å². The van der Waals surface area contributed by atoms with Crippen LogP contribution in [-0.4, -0.2) is 43.9 Å². The molecule has 5 rings (SSSR count). The zero-order chi connectivity index (χ0) is 23.0. The molecule has 7 nitrogen and oxygen atoms in total. The number of aromatic nitrogens is 5. The first kappa shape index (κ1) is 21.1. The molecular weight excluding hydrogens is 440 g/mol. The number of alkyl halides is 2. The van der Waals surface area contributed by atoms with Crippen molar-refractivity contribution in [1.82, 2.24) is 24.9 Å². The van der Waals surface area contributed by atoms with Gasteiger partial charge >= 0.3 is 0 Å². The third-order valence-electron chi connectivity index (χ3n) is 5.41. The van der Waals surface area contributed by atoms with Crippen LogP contribution in [0.25, 0.3) is 22.9 Å². The van der Waals surface area contributed by atoms with Crippen molar-refractivity contribution in [3.8, 4) is 22.9 Å². The van der Waals surface area contributed by atoms with Gasteiger partial charge in [-0.1, -0.05) is 23.4 Å². The van der Waals surface area contributed by atoms with Gasteiger partial charge in [0, 0.05) is 24.6 Å². The molecule has 33 heavy (non-hydrogen) atoms. The highest BCUT2D eigenvalue weighted by atomic mass is 19.3. The number of anilines is 1. The van der Waals surface area contributed by atoms with E-state index >= 15 is 0 Å². The molecule has 0 bridgehead atoms. The van der Waals surface area contributed by atoms with Crippen LogP contribution in [-0.2, 0) is 6.54 Å². The van der Waals surface area contributed by atoms with E-state index in [1.54, 1.807) is 30.3 Å². The molecular formula is C22H18F4N6O. The summed E-state index contributed by atoms with van der Waals surface area (Å²) in [6.07, 6.45) is 2.30. The third kappa shape index (κ3) is 4.30. The molecule has 0 unspecified atom stereocenters. The Bertz CT molecular complexity index is 1270. The Morgan fingerprint density at radius 1 is 1.06 bits per heavy atom. The lowest BCUT2D eigenvalue weighted by Crippen LogP contribution is -2.43. The Morgan fingerprint density at radius 2 is 1.91 bits per heavy atom. The van der Waals surface area contributed by atoms with Gasteiger partial charge < -0.3 is 9.42 Å². The number of nitrogens with zero attached hydrogens (tertiary/aromatic N) is 6. The second-order valence-electron chi connectivity index (χ2n) is 7.79. The maximum Gasteiger partial charge on any atom is 0.265 e. The summed E-state index contributed by atoms with van der Waals surface area (Å²) in [6, 6.07) is 9.50. The molecule has 4 aromatic rings. The highest BCUT2D eigenvalue weighted by Gasteiger charge is 2.36. The second-order valence-corrected chi connectivity index (χ2v) is 7.79. The molecule has 0 amide bonds. The van der Waals surface area contributed by atoms with Crippen LogP contribution in [0.4, 0.5) is 23.4 Å². The molecule has 1 saturated heterocycles. The van der Waals surface area contributed by atoms with Gasteiger partial charge in [0.05, 0.1) is 25.0 Å². The maximum atomic E-state index is 14.5. The molecule has 0 atom stereocenters. The number of rotatable bonds is 5. The number of benzene rings is 1. The van der Waals surface area contributed by atoms with Crippen LogP contribution in [0.15, 0.2) is 53.4 Å². The Kier molecular flexibility index (Phi) is 5.31. The predicted molar refractivity (Wildman–Crippen MR) is 111 cm³/mol. The molecule has 4 heterocycles. The smallest absolute Gasteiger partial charge is 0.265 e. The standard InChI is InChI=1S/C22H18F4N6O/c23-15-5-2-1-4-14(15)12-32-19(17-6-9-33-30-17)10-18(29-32)20-27-11-16(24)21(28-20)31-8-3-7-22(25,26)13-31/h1-2,4-6,9-11H,3,7-8,12-13H2. The van der Waals surface area contributed by atoms with E-state index in [-0.39, 0.29) is 43.3 Å². The zero-order valence-corrected chi connectivity index (χ0v) is 17.3. The minimum atomic E-state index is -2.92. The van der Waals surface area contributed by atoms with Gasteiger partial charge in [-0.05, 0) is 18.6 Å². The average Bonchev–Trinajstić information content (AvgIpc) is 3.45. The van der Waals surface area contributed by atoms with Gasteiger partial charge in [0.2, 0.25) is 0 Å². The van der Waals surface area contributed by atoms with Crippen LogP contribution in [0.1, 0.15) is 18.4 Å². The number of piperidine rings is 1. The minimum Gasteiger partial charge on any atom is -0.364 e. The van der Waals surface area contributed by atoms with Crippen molar-refractivity contribution in [2.45, 2.75) is 25.3 Å². The van der Waals surface area contributed by atoms with Gasteiger partial charge in [0.25, 0.3) is 5.92 Å². The molecule has 0 N–H and O–H groups in total. The van der Waals surface area contributed by atoms with E-state index in [4.69, 9.17) is 4.52 Å². The van der Waals surface area contributed by atoms with E-state index in [1.165, 1.54) is 21.9 Å². The lowest BCUT2D eigenvalue weighted by molar-refractivity contribution is -0.0120. The highest BCUT2D eigenvalue weighted by molar-refractivity contribution is 5.63. The van der Waals surface area contributed by atoms with Crippen molar-refractivity contribution < 1.29 is 22.1 Å². The molecule has 0 spiro atoms. The summed E-state index contributed by atoms with van der Waals surface area (Å²) < 4.78 is 62.9. The van der Waals surface area contributed by atoms with Crippen LogP contribution in [0.5, 0.6) is 0 Å². The summed E-state index contributed by atoms with van der Waals surface area (Å²) in [5, 5.41) is 8.39. The van der Waals surface area contributed by atoms with Crippen LogP contribution in [0.2, 0.25) is 0 Å². The SMILES string of the molecule is Fc1ccccc1Cn1nc(-c2ncc(F)c(N3CCCC(F)(F)C3)n2)cc1-c1ccon1. The van der Waals surface area contributed by atoms with Crippen molar-refractivity contribution in [3.63, 3.8) is 0 Å². The number of hydrogen-bond donors (Lipinski definition) is 0. The van der Waals surface area contributed by atoms with Crippen molar-refractivity contribution in [2.24, 2.45) is 0 Å². The first-order valence-electron chi connectivity index (χ1n) is 10.3. The fraction of sp³-hybridized carbons (Fsp3) is 0.273.